The first-order valence-corrected chi connectivity index (χ1v) is 5.47. The molecule has 0 saturated heterocycles. The van der Waals surface area contributed by atoms with Crippen molar-refractivity contribution in [3.63, 3.8) is 0 Å². The molecule has 0 fully saturated rings. The van der Waals surface area contributed by atoms with E-state index in [9.17, 15) is 0 Å². The molecular formula is C13H21Cl. The molecule has 80 valence electrons. The summed E-state index contributed by atoms with van der Waals surface area (Å²) in [5.74, 6) is 1.45. The first-order valence-electron chi connectivity index (χ1n) is 5.47. The van der Waals surface area contributed by atoms with E-state index in [1.807, 2.05) is 0 Å². The monoisotopic (exact) mass is 212 g/mol. The van der Waals surface area contributed by atoms with Crippen molar-refractivity contribution in [2.75, 3.05) is 0 Å². The molecule has 0 aromatic rings. The Morgan fingerprint density at radius 2 is 1.93 bits per heavy atom. The quantitative estimate of drug-likeness (QED) is 0.478. The summed E-state index contributed by atoms with van der Waals surface area (Å²) in [5.41, 5.74) is 3.07. The van der Waals surface area contributed by atoms with Crippen LogP contribution >= 0.6 is 0 Å². The number of rotatable bonds is 5. The van der Waals surface area contributed by atoms with Crippen LogP contribution in [0.25, 0.3) is 0 Å². The first kappa shape index (κ1) is 13.6. The van der Waals surface area contributed by atoms with E-state index in [0.717, 1.165) is 0 Å². The minimum Gasteiger partial charge on any atom is -1.00 e. The largest absolute Gasteiger partial charge is 1.00 e. The van der Waals surface area contributed by atoms with E-state index in [2.05, 4.69) is 32.9 Å². The third kappa shape index (κ3) is 3.79. The number of halogens is 1. The minimum absolute atomic E-state index is 0. The summed E-state index contributed by atoms with van der Waals surface area (Å²) >= 11 is 0. The molecule has 0 bridgehead atoms. The van der Waals surface area contributed by atoms with E-state index in [1.54, 1.807) is 5.57 Å². The van der Waals surface area contributed by atoms with E-state index in [0.29, 0.717) is 0 Å². The maximum absolute atomic E-state index is 2.29. The van der Waals surface area contributed by atoms with Crippen molar-refractivity contribution in [1.82, 2.24) is 0 Å². The zero-order chi connectivity index (χ0) is 9.68. The predicted molar refractivity (Wildman–Crippen MR) is 59.5 cm³/mol. The van der Waals surface area contributed by atoms with E-state index in [1.165, 1.54) is 43.6 Å². The average Bonchev–Trinajstić information content (AvgIpc) is 2.43. The second-order valence-corrected chi connectivity index (χ2v) is 3.98. The van der Waals surface area contributed by atoms with Gasteiger partial charge in [-0.1, -0.05) is 26.2 Å². The summed E-state index contributed by atoms with van der Waals surface area (Å²) in [6.07, 6.45) is 11.3. The van der Waals surface area contributed by atoms with Crippen LogP contribution in [0.5, 0.6) is 0 Å². The van der Waals surface area contributed by atoms with Crippen molar-refractivity contribution in [2.24, 2.45) is 0 Å². The highest BCUT2D eigenvalue weighted by molar-refractivity contribution is 5.46. The molecular weight excluding hydrogens is 192 g/mol. The van der Waals surface area contributed by atoms with Crippen molar-refractivity contribution >= 4 is 0 Å². The molecule has 0 aliphatic heterocycles. The van der Waals surface area contributed by atoms with Crippen LogP contribution in [0, 0.1) is 5.92 Å². The molecule has 0 saturated carbocycles. The summed E-state index contributed by atoms with van der Waals surface area (Å²) in [7, 11) is 0. The van der Waals surface area contributed by atoms with Gasteiger partial charge in [0.1, 0.15) is 0 Å². The Morgan fingerprint density at radius 3 is 2.43 bits per heavy atom. The SMILES string of the molecule is CCCCCCC1=C(C)[C+](C)C=C1.[Cl-]. The van der Waals surface area contributed by atoms with Crippen molar-refractivity contribution in [1.29, 1.82) is 0 Å². The Kier molecular flexibility index (Phi) is 6.82. The van der Waals surface area contributed by atoms with E-state index in [4.69, 9.17) is 0 Å². The van der Waals surface area contributed by atoms with Crippen molar-refractivity contribution in [3.8, 4) is 0 Å². The molecule has 1 aliphatic carbocycles. The highest BCUT2D eigenvalue weighted by Crippen LogP contribution is 2.29. The van der Waals surface area contributed by atoms with Crippen molar-refractivity contribution < 1.29 is 12.4 Å². The van der Waals surface area contributed by atoms with Gasteiger partial charge in [0.2, 0.25) is 0 Å². The summed E-state index contributed by atoms with van der Waals surface area (Å²) in [4.78, 5) is 0. The summed E-state index contributed by atoms with van der Waals surface area (Å²) in [6, 6.07) is 0. The molecule has 0 atom stereocenters. The fourth-order valence-corrected chi connectivity index (χ4v) is 1.74. The zero-order valence-electron chi connectivity index (χ0n) is 9.57. The van der Waals surface area contributed by atoms with Gasteiger partial charge in [0.05, 0.1) is 29.2 Å². The second kappa shape index (κ2) is 7.00. The van der Waals surface area contributed by atoms with Crippen LogP contribution in [0.1, 0.15) is 52.9 Å². The molecule has 14 heavy (non-hydrogen) atoms. The molecule has 0 radical (unpaired) electrons. The Labute approximate surface area is 94.9 Å². The van der Waals surface area contributed by atoms with Crippen LogP contribution in [-0.4, -0.2) is 0 Å². The Morgan fingerprint density at radius 1 is 1.21 bits per heavy atom. The maximum atomic E-state index is 2.29. The van der Waals surface area contributed by atoms with Crippen LogP contribution in [-0.2, 0) is 0 Å². The highest BCUT2D eigenvalue weighted by Gasteiger charge is 2.21. The van der Waals surface area contributed by atoms with Crippen molar-refractivity contribution in [3.05, 3.63) is 29.2 Å². The van der Waals surface area contributed by atoms with Gasteiger partial charge in [0.25, 0.3) is 0 Å². The Bertz CT molecular complexity index is 213. The standard InChI is InChI=1S/C13H21.ClH/c1-4-5-6-7-8-13-10-9-11(2)12(13)3;/h9-10H,4-8H2,1-3H3;1H/q+1;/p-1. The molecule has 1 heteroatoms. The summed E-state index contributed by atoms with van der Waals surface area (Å²) in [5, 5.41) is 0. The average molecular weight is 213 g/mol. The lowest BCUT2D eigenvalue weighted by atomic mass is 10.0. The van der Waals surface area contributed by atoms with Crippen LogP contribution in [0.4, 0.5) is 0 Å². The van der Waals surface area contributed by atoms with Gasteiger partial charge in [-0.3, -0.25) is 0 Å². The fraction of sp³-hybridized carbons (Fsp3) is 0.615. The van der Waals surface area contributed by atoms with Gasteiger partial charge < -0.3 is 12.4 Å². The van der Waals surface area contributed by atoms with Gasteiger partial charge in [0.15, 0.2) is 0 Å². The van der Waals surface area contributed by atoms with Crippen LogP contribution < -0.4 is 12.4 Å². The van der Waals surface area contributed by atoms with E-state index < -0.39 is 0 Å². The third-order valence-electron chi connectivity index (χ3n) is 2.91. The molecule has 0 heterocycles. The first-order chi connectivity index (χ1) is 6.25. The number of hydrogen-bond donors (Lipinski definition) is 0. The lowest BCUT2D eigenvalue weighted by Crippen LogP contribution is -3.00. The van der Waals surface area contributed by atoms with Gasteiger partial charge in [-0.25, -0.2) is 0 Å². The normalized spacial score (nSPS) is 14.9. The summed E-state index contributed by atoms with van der Waals surface area (Å²) < 4.78 is 0. The molecule has 0 N–H and O–H groups in total. The molecule has 0 aromatic heterocycles. The maximum Gasteiger partial charge on any atom is 0.0963 e. The third-order valence-corrected chi connectivity index (χ3v) is 2.91. The van der Waals surface area contributed by atoms with E-state index in [-0.39, 0.29) is 12.4 Å². The number of unbranched alkanes of at least 4 members (excludes halogenated alkanes) is 3. The topological polar surface area (TPSA) is 0 Å². The van der Waals surface area contributed by atoms with Gasteiger partial charge in [-0.05, 0) is 13.3 Å². The fourth-order valence-electron chi connectivity index (χ4n) is 1.74. The number of hydrogen-bond acceptors (Lipinski definition) is 0. The van der Waals surface area contributed by atoms with Crippen LogP contribution in [0.15, 0.2) is 23.3 Å². The van der Waals surface area contributed by atoms with Gasteiger partial charge in [-0.2, -0.15) is 0 Å². The second-order valence-electron chi connectivity index (χ2n) is 3.98. The Balaban J connectivity index is 0.00000169. The van der Waals surface area contributed by atoms with Gasteiger partial charge >= 0.3 is 0 Å². The molecule has 0 nitrogen and oxygen atoms in total. The summed E-state index contributed by atoms with van der Waals surface area (Å²) in [6.45, 7) is 6.70. The molecule has 1 rings (SSSR count). The van der Waals surface area contributed by atoms with Crippen LogP contribution in [0.3, 0.4) is 0 Å². The van der Waals surface area contributed by atoms with Gasteiger partial charge in [0, 0.05) is 13.3 Å². The zero-order valence-corrected chi connectivity index (χ0v) is 10.3. The molecule has 0 unspecified atom stereocenters. The molecule has 0 aromatic carbocycles. The van der Waals surface area contributed by atoms with Gasteiger partial charge in [-0.15, -0.1) is 0 Å². The Hall–Kier alpha value is -0.360. The van der Waals surface area contributed by atoms with E-state index >= 15 is 0 Å². The lowest BCUT2D eigenvalue weighted by Gasteiger charge is -1.97. The molecule has 0 amide bonds. The molecule has 1 aliphatic rings. The van der Waals surface area contributed by atoms with Crippen LogP contribution in [0.2, 0.25) is 0 Å². The molecule has 0 spiro atoms. The highest BCUT2D eigenvalue weighted by atomic mass is 35.5. The number of allylic oxidation sites excluding steroid dienone is 4. The minimum atomic E-state index is 0. The van der Waals surface area contributed by atoms with Crippen molar-refractivity contribution in [2.45, 2.75) is 52.9 Å². The predicted octanol–water partition coefficient (Wildman–Crippen LogP) is 1.44. The lowest BCUT2D eigenvalue weighted by molar-refractivity contribution is -0.00000291. The smallest absolute Gasteiger partial charge is 0.0963 e.